The van der Waals surface area contributed by atoms with Gasteiger partial charge in [-0.3, -0.25) is 4.79 Å². The molecule has 0 aromatic heterocycles. The Morgan fingerprint density at radius 3 is 2.63 bits per heavy atom. The van der Waals surface area contributed by atoms with Crippen molar-refractivity contribution in [2.24, 2.45) is 0 Å². The molecule has 19 heavy (non-hydrogen) atoms. The first-order valence-electron chi connectivity index (χ1n) is 5.95. The summed E-state index contributed by atoms with van der Waals surface area (Å²) in [7, 11) is 0. The normalized spacial score (nSPS) is 19.2. The van der Waals surface area contributed by atoms with E-state index in [1.165, 1.54) is 24.3 Å². The molecule has 1 aromatic rings. The number of rotatable bonds is 4. The van der Waals surface area contributed by atoms with Crippen LogP contribution in [0, 0.1) is 0 Å². The van der Waals surface area contributed by atoms with Gasteiger partial charge in [-0.1, -0.05) is 0 Å². The van der Waals surface area contributed by atoms with E-state index in [0.29, 0.717) is 12.2 Å². The van der Waals surface area contributed by atoms with Gasteiger partial charge in [0.2, 0.25) is 5.91 Å². The third-order valence-corrected chi connectivity index (χ3v) is 2.70. The lowest BCUT2D eigenvalue weighted by atomic mass is 10.2. The Hall–Kier alpha value is -1.73. The predicted octanol–water partition coefficient (Wildman–Crippen LogP) is 0.788. The molecule has 1 heterocycles. The largest absolute Gasteiger partial charge is 0.435 e. The van der Waals surface area contributed by atoms with E-state index < -0.39 is 6.61 Å². The number of anilines is 1. The first-order chi connectivity index (χ1) is 9.15. The molecule has 0 saturated carbocycles. The van der Waals surface area contributed by atoms with Crippen molar-refractivity contribution in [3.05, 3.63) is 24.3 Å². The van der Waals surface area contributed by atoms with Crippen molar-refractivity contribution in [2.45, 2.75) is 12.7 Å². The molecule has 0 aliphatic carbocycles. The van der Waals surface area contributed by atoms with E-state index in [4.69, 9.17) is 0 Å². The lowest BCUT2D eigenvalue weighted by molar-refractivity contribution is -0.118. The summed E-state index contributed by atoms with van der Waals surface area (Å²) in [6.45, 7) is -0.709. The Labute approximate surface area is 109 Å². The highest BCUT2D eigenvalue weighted by molar-refractivity contribution is 5.95. The van der Waals surface area contributed by atoms with Crippen LogP contribution in [-0.2, 0) is 4.79 Å². The summed E-state index contributed by atoms with van der Waals surface area (Å²) in [6.07, 6.45) is 0. The van der Waals surface area contributed by atoms with E-state index in [9.17, 15) is 13.6 Å². The summed E-state index contributed by atoms with van der Waals surface area (Å²) < 4.78 is 28.2. The summed E-state index contributed by atoms with van der Waals surface area (Å²) in [5.41, 5.74) is 0.541. The molecule has 5 nitrogen and oxygen atoms in total. The van der Waals surface area contributed by atoms with E-state index in [-0.39, 0.29) is 17.7 Å². The first kappa shape index (κ1) is 13.7. The van der Waals surface area contributed by atoms with Gasteiger partial charge in [-0.2, -0.15) is 8.78 Å². The van der Waals surface area contributed by atoms with Gasteiger partial charge in [0.1, 0.15) is 5.75 Å². The van der Waals surface area contributed by atoms with Crippen LogP contribution >= 0.6 is 0 Å². The number of benzene rings is 1. The van der Waals surface area contributed by atoms with Crippen LogP contribution in [0.5, 0.6) is 5.75 Å². The van der Waals surface area contributed by atoms with Gasteiger partial charge < -0.3 is 20.7 Å². The van der Waals surface area contributed by atoms with Crippen LogP contribution in [0.25, 0.3) is 0 Å². The van der Waals surface area contributed by atoms with Crippen LogP contribution in [0.1, 0.15) is 0 Å². The number of ether oxygens (including phenoxy) is 1. The standard InChI is InChI=1S/C12H15F2N3O2/c13-12(14)19-9-3-1-8(2-4-9)17-11(18)10-7-15-5-6-16-10/h1-4,10,12,15-16H,5-7H2,(H,17,18). The second-order valence-electron chi connectivity index (χ2n) is 4.10. The van der Waals surface area contributed by atoms with Crippen molar-refractivity contribution < 1.29 is 18.3 Å². The number of piperazine rings is 1. The maximum atomic E-state index is 12.0. The Balaban J connectivity index is 1.89. The zero-order chi connectivity index (χ0) is 13.7. The van der Waals surface area contributed by atoms with Gasteiger partial charge in [0, 0.05) is 25.3 Å². The Kier molecular flexibility index (Phi) is 4.64. The van der Waals surface area contributed by atoms with E-state index in [0.717, 1.165) is 13.1 Å². The number of alkyl halides is 2. The molecule has 1 aliphatic heterocycles. The summed E-state index contributed by atoms with van der Waals surface area (Å²) in [5, 5.41) is 8.89. The molecule has 0 radical (unpaired) electrons. The fraction of sp³-hybridized carbons (Fsp3) is 0.417. The highest BCUT2D eigenvalue weighted by Gasteiger charge is 2.20. The predicted molar refractivity (Wildman–Crippen MR) is 66.4 cm³/mol. The monoisotopic (exact) mass is 271 g/mol. The average molecular weight is 271 g/mol. The van der Waals surface area contributed by atoms with Crippen molar-refractivity contribution in [3.63, 3.8) is 0 Å². The van der Waals surface area contributed by atoms with Gasteiger partial charge >= 0.3 is 6.61 Å². The fourth-order valence-corrected chi connectivity index (χ4v) is 1.79. The van der Waals surface area contributed by atoms with Gasteiger partial charge in [-0.15, -0.1) is 0 Å². The molecule has 1 atom stereocenters. The molecular weight excluding hydrogens is 256 g/mol. The van der Waals surface area contributed by atoms with Crippen LogP contribution in [0.2, 0.25) is 0 Å². The van der Waals surface area contributed by atoms with Crippen molar-refractivity contribution >= 4 is 11.6 Å². The number of hydrogen-bond acceptors (Lipinski definition) is 4. The van der Waals surface area contributed by atoms with Crippen LogP contribution < -0.4 is 20.7 Å². The SMILES string of the molecule is O=C(Nc1ccc(OC(F)F)cc1)C1CNCCN1. The molecule has 1 fully saturated rings. The topological polar surface area (TPSA) is 62.4 Å². The first-order valence-corrected chi connectivity index (χ1v) is 5.95. The van der Waals surface area contributed by atoms with Crippen LogP contribution in [0.3, 0.4) is 0 Å². The summed E-state index contributed by atoms with van der Waals surface area (Å²) >= 11 is 0. The molecule has 1 unspecified atom stereocenters. The van der Waals surface area contributed by atoms with Gasteiger partial charge in [-0.05, 0) is 24.3 Å². The highest BCUT2D eigenvalue weighted by Crippen LogP contribution is 2.17. The molecule has 1 aliphatic rings. The van der Waals surface area contributed by atoms with Crippen molar-refractivity contribution in [2.75, 3.05) is 25.0 Å². The van der Waals surface area contributed by atoms with Gasteiger partial charge in [0.15, 0.2) is 0 Å². The second-order valence-corrected chi connectivity index (χ2v) is 4.10. The quantitative estimate of drug-likeness (QED) is 0.757. The Morgan fingerprint density at radius 2 is 2.05 bits per heavy atom. The van der Waals surface area contributed by atoms with E-state index in [1.54, 1.807) is 0 Å². The van der Waals surface area contributed by atoms with Gasteiger partial charge in [0.25, 0.3) is 0 Å². The van der Waals surface area contributed by atoms with E-state index in [1.807, 2.05) is 0 Å². The number of carbonyl (C=O) groups excluding carboxylic acids is 1. The smallest absolute Gasteiger partial charge is 0.387 e. The van der Waals surface area contributed by atoms with Crippen LogP contribution in [0.4, 0.5) is 14.5 Å². The zero-order valence-corrected chi connectivity index (χ0v) is 10.2. The molecule has 7 heteroatoms. The summed E-state index contributed by atoms with van der Waals surface area (Å²) in [4.78, 5) is 11.9. The molecule has 1 amide bonds. The highest BCUT2D eigenvalue weighted by atomic mass is 19.3. The van der Waals surface area contributed by atoms with Gasteiger partial charge in [0.05, 0.1) is 6.04 Å². The lowest BCUT2D eigenvalue weighted by Gasteiger charge is -2.23. The number of halogens is 2. The average Bonchev–Trinajstić information content (AvgIpc) is 2.41. The summed E-state index contributed by atoms with van der Waals surface area (Å²) in [5.74, 6) is -0.0971. The second kappa shape index (κ2) is 6.44. The lowest BCUT2D eigenvalue weighted by Crippen LogP contribution is -2.54. The molecule has 104 valence electrons. The molecule has 0 spiro atoms. The minimum absolute atomic E-state index is 0.0606. The third kappa shape index (κ3) is 4.15. The van der Waals surface area contributed by atoms with Crippen molar-refractivity contribution in [1.29, 1.82) is 0 Å². The molecule has 0 bridgehead atoms. The van der Waals surface area contributed by atoms with Crippen LogP contribution in [0.15, 0.2) is 24.3 Å². The zero-order valence-electron chi connectivity index (χ0n) is 10.2. The fourth-order valence-electron chi connectivity index (χ4n) is 1.79. The minimum atomic E-state index is -2.85. The molecule has 2 rings (SSSR count). The number of nitrogens with one attached hydrogen (secondary N) is 3. The van der Waals surface area contributed by atoms with Crippen molar-refractivity contribution in [3.8, 4) is 5.75 Å². The Bertz CT molecular complexity index is 419. The third-order valence-electron chi connectivity index (χ3n) is 2.70. The van der Waals surface area contributed by atoms with E-state index in [2.05, 4.69) is 20.7 Å². The number of amides is 1. The number of carbonyl (C=O) groups is 1. The maximum absolute atomic E-state index is 12.0. The molecule has 3 N–H and O–H groups in total. The maximum Gasteiger partial charge on any atom is 0.387 e. The Morgan fingerprint density at radius 1 is 1.32 bits per heavy atom. The van der Waals surface area contributed by atoms with E-state index >= 15 is 0 Å². The molecular formula is C12H15F2N3O2. The summed E-state index contributed by atoms with van der Waals surface area (Å²) in [6, 6.07) is 5.52. The van der Waals surface area contributed by atoms with Gasteiger partial charge in [-0.25, -0.2) is 0 Å². The minimum Gasteiger partial charge on any atom is -0.435 e. The van der Waals surface area contributed by atoms with Crippen molar-refractivity contribution in [1.82, 2.24) is 10.6 Å². The van der Waals surface area contributed by atoms with Crippen LogP contribution in [-0.4, -0.2) is 38.2 Å². The number of hydrogen-bond donors (Lipinski definition) is 3. The molecule has 1 saturated heterocycles. The molecule has 1 aromatic carbocycles.